The topological polar surface area (TPSA) is 107 Å². The molecular weight excluding hydrogens is 392 g/mol. The maximum atomic E-state index is 12.9. The highest BCUT2D eigenvalue weighted by Crippen LogP contribution is 2.23. The molecule has 2 amide bonds. The van der Waals surface area contributed by atoms with Crippen molar-refractivity contribution in [2.75, 3.05) is 19.6 Å². The highest BCUT2D eigenvalue weighted by Gasteiger charge is 2.25. The van der Waals surface area contributed by atoms with E-state index in [2.05, 4.69) is 25.5 Å². The first-order valence-electron chi connectivity index (χ1n) is 10.9. The van der Waals surface area contributed by atoms with Gasteiger partial charge in [0.05, 0.1) is 16.7 Å². The number of amides is 2. The number of piperidine rings is 1. The van der Waals surface area contributed by atoms with Gasteiger partial charge in [0.25, 0.3) is 5.91 Å². The number of aryl methyl sites for hydroxylation is 3. The normalized spacial score (nSPS) is 14.9. The van der Waals surface area contributed by atoms with Gasteiger partial charge in [0.1, 0.15) is 5.82 Å². The van der Waals surface area contributed by atoms with Crippen molar-refractivity contribution in [1.29, 1.82) is 0 Å². The second-order valence-corrected chi connectivity index (χ2v) is 8.51. The number of likely N-dealkylation sites (tertiary alicyclic amines) is 1. The molecule has 1 aromatic carbocycles. The molecule has 0 atom stereocenters. The highest BCUT2D eigenvalue weighted by molar-refractivity contribution is 5.97. The molecule has 0 spiro atoms. The number of hydrogen-bond acceptors (Lipinski definition) is 4. The Bertz CT molecular complexity index is 1070. The van der Waals surface area contributed by atoms with E-state index in [1.807, 2.05) is 43.9 Å². The highest BCUT2D eigenvalue weighted by atomic mass is 16.2. The first-order valence-corrected chi connectivity index (χ1v) is 10.9. The third-order valence-electron chi connectivity index (χ3n) is 6.20. The average Bonchev–Trinajstić information content (AvgIpc) is 3.28. The van der Waals surface area contributed by atoms with E-state index < -0.39 is 0 Å². The van der Waals surface area contributed by atoms with Crippen molar-refractivity contribution in [3.63, 3.8) is 0 Å². The number of nitrogens with zero attached hydrogens (tertiary/aromatic N) is 3. The molecule has 1 aliphatic rings. The third kappa shape index (κ3) is 4.78. The molecule has 164 valence electrons. The summed E-state index contributed by atoms with van der Waals surface area (Å²) in [5.74, 6) is 1.29. The molecule has 0 unspecified atom stereocenters. The first kappa shape index (κ1) is 21.1. The maximum Gasteiger partial charge on any atom is 0.253 e. The monoisotopic (exact) mass is 422 g/mol. The van der Waals surface area contributed by atoms with Gasteiger partial charge in [-0.15, -0.1) is 0 Å². The van der Waals surface area contributed by atoms with E-state index in [-0.39, 0.29) is 11.8 Å². The van der Waals surface area contributed by atoms with Gasteiger partial charge in [-0.1, -0.05) is 0 Å². The zero-order valence-electron chi connectivity index (χ0n) is 18.4. The molecule has 0 radical (unpaired) electrons. The Kier molecular flexibility index (Phi) is 6.06. The molecular formula is C23H30N6O2. The van der Waals surface area contributed by atoms with E-state index in [9.17, 15) is 9.59 Å². The lowest BCUT2D eigenvalue weighted by atomic mass is 9.92. The Morgan fingerprint density at radius 2 is 1.97 bits per heavy atom. The summed E-state index contributed by atoms with van der Waals surface area (Å²) in [5, 5.41) is 10.2. The van der Waals surface area contributed by atoms with Crippen molar-refractivity contribution in [1.82, 2.24) is 30.4 Å². The van der Waals surface area contributed by atoms with E-state index in [4.69, 9.17) is 0 Å². The Morgan fingerprint density at radius 3 is 2.68 bits per heavy atom. The van der Waals surface area contributed by atoms with Gasteiger partial charge < -0.3 is 15.2 Å². The smallest absolute Gasteiger partial charge is 0.253 e. The molecule has 0 bridgehead atoms. The number of carbonyl (C=O) groups excluding carboxylic acids is 2. The fourth-order valence-corrected chi connectivity index (χ4v) is 4.40. The summed E-state index contributed by atoms with van der Waals surface area (Å²) in [6.45, 7) is 7.87. The number of H-pyrrole nitrogens is 2. The van der Waals surface area contributed by atoms with E-state index >= 15 is 0 Å². The number of carbonyl (C=O) groups is 2. The Labute approximate surface area is 181 Å². The van der Waals surface area contributed by atoms with E-state index in [0.29, 0.717) is 37.5 Å². The fourth-order valence-electron chi connectivity index (χ4n) is 4.40. The lowest BCUT2D eigenvalue weighted by molar-refractivity contribution is -0.122. The summed E-state index contributed by atoms with van der Waals surface area (Å²) in [6.07, 6.45) is 3.01. The van der Waals surface area contributed by atoms with Gasteiger partial charge >= 0.3 is 0 Å². The van der Waals surface area contributed by atoms with Crippen molar-refractivity contribution in [2.45, 2.75) is 46.5 Å². The summed E-state index contributed by atoms with van der Waals surface area (Å²) in [6, 6.07) is 5.60. The van der Waals surface area contributed by atoms with E-state index in [1.165, 1.54) is 5.56 Å². The number of aromatic nitrogens is 4. The van der Waals surface area contributed by atoms with Gasteiger partial charge in [-0.25, -0.2) is 4.98 Å². The van der Waals surface area contributed by atoms with Crippen LogP contribution in [0.25, 0.3) is 11.0 Å². The standard InChI is InChI=1S/C23H30N6O2/c1-14-19(15(2)28-27-14)6-9-24-22(30)12-17-7-10-29(11-8-17)23(31)18-4-5-20-21(13-18)26-16(3)25-20/h4-5,13,17H,6-12H2,1-3H3,(H,24,30)(H,25,26)(H,27,28). The van der Waals surface area contributed by atoms with E-state index in [1.54, 1.807) is 0 Å². The van der Waals surface area contributed by atoms with Crippen LogP contribution in [0.5, 0.6) is 0 Å². The fraction of sp³-hybridized carbons (Fsp3) is 0.478. The summed E-state index contributed by atoms with van der Waals surface area (Å²) in [7, 11) is 0. The van der Waals surface area contributed by atoms with E-state index in [0.717, 1.165) is 47.5 Å². The van der Waals surface area contributed by atoms with Crippen LogP contribution in [-0.4, -0.2) is 56.5 Å². The predicted octanol–water partition coefficient (Wildman–Crippen LogP) is 2.81. The number of aromatic amines is 2. The van der Waals surface area contributed by atoms with Crippen LogP contribution in [0.2, 0.25) is 0 Å². The van der Waals surface area contributed by atoms with Crippen LogP contribution in [-0.2, 0) is 11.2 Å². The molecule has 1 aliphatic heterocycles. The zero-order valence-corrected chi connectivity index (χ0v) is 18.4. The lowest BCUT2D eigenvalue weighted by Gasteiger charge is -2.31. The van der Waals surface area contributed by atoms with Crippen LogP contribution >= 0.6 is 0 Å². The van der Waals surface area contributed by atoms with Crippen LogP contribution in [0, 0.1) is 26.7 Å². The second-order valence-electron chi connectivity index (χ2n) is 8.51. The van der Waals surface area contributed by atoms with Gasteiger partial charge in [-0.3, -0.25) is 14.7 Å². The SMILES string of the molecule is Cc1nc2ccc(C(=O)N3CCC(CC(=O)NCCc4c(C)n[nH]c4C)CC3)cc2[nH]1. The van der Waals surface area contributed by atoms with Crippen LogP contribution < -0.4 is 5.32 Å². The van der Waals surface area contributed by atoms with Crippen molar-refractivity contribution in [2.24, 2.45) is 5.92 Å². The molecule has 4 rings (SSSR count). The molecule has 3 N–H and O–H groups in total. The molecule has 0 aliphatic carbocycles. The van der Waals surface area contributed by atoms with Gasteiger partial charge in [0.15, 0.2) is 0 Å². The van der Waals surface area contributed by atoms with Crippen LogP contribution in [0.1, 0.15) is 52.4 Å². The minimum absolute atomic E-state index is 0.0444. The Morgan fingerprint density at radius 1 is 1.19 bits per heavy atom. The Hall–Kier alpha value is -3.16. The van der Waals surface area contributed by atoms with Crippen molar-refractivity contribution >= 4 is 22.8 Å². The van der Waals surface area contributed by atoms with Crippen molar-refractivity contribution < 1.29 is 9.59 Å². The van der Waals surface area contributed by atoms with Gasteiger partial charge in [-0.2, -0.15) is 5.10 Å². The van der Waals surface area contributed by atoms with Crippen molar-refractivity contribution in [3.05, 3.63) is 46.5 Å². The first-order chi connectivity index (χ1) is 14.9. The van der Waals surface area contributed by atoms with Crippen LogP contribution in [0.15, 0.2) is 18.2 Å². The van der Waals surface area contributed by atoms with Crippen LogP contribution in [0.3, 0.4) is 0 Å². The van der Waals surface area contributed by atoms with Crippen LogP contribution in [0.4, 0.5) is 0 Å². The quantitative estimate of drug-likeness (QED) is 0.568. The number of nitrogens with one attached hydrogen (secondary N) is 3. The molecule has 1 fully saturated rings. The molecule has 3 aromatic rings. The largest absolute Gasteiger partial charge is 0.356 e. The summed E-state index contributed by atoms with van der Waals surface area (Å²) in [5.41, 5.74) is 5.66. The zero-order chi connectivity index (χ0) is 22.0. The minimum Gasteiger partial charge on any atom is -0.356 e. The molecule has 1 saturated heterocycles. The predicted molar refractivity (Wildman–Crippen MR) is 119 cm³/mol. The molecule has 8 heteroatoms. The average molecular weight is 423 g/mol. The number of fused-ring (bicyclic) bond motifs is 1. The number of hydrogen-bond donors (Lipinski definition) is 3. The molecule has 0 saturated carbocycles. The summed E-state index contributed by atoms with van der Waals surface area (Å²) >= 11 is 0. The number of imidazole rings is 1. The number of benzene rings is 1. The van der Waals surface area contributed by atoms with Gasteiger partial charge in [0.2, 0.25) is 5.91 Å². The third-order valence-corrected chi connectivity index (χ3v) is 6.20. The van der Waals surface area contributed by atoms with Crippen molar-refractivity contribution in [3.8, 4) is 0 Å². The molecule has 2 aromatic heterocycles. The maximum absolute atomic E-state index is 12.9. The summed E-state index contributed by atoms with van der Waals surface area (Å²) in [4.78, 5) is 34.7. The molecule has 8 nitrogen and oxygen atoms in total. The summed E-state index contributed by atoms with van der Waals surface area (Å²) < 4.78 is 0. The van der Waals surface area contributed by atoms with Gasteiger partial charge in [-0.05, 0) is 69.7 Å². The van der Waals surface area contributed by atoms with Gasteiger partial charge in [0, 0.05) is 37.3 Å². The minimum atomic E-state index is 0.0444. The lowest BCUT2D eigenvalue weighted by Crippen LogP contribution is -2.39. The second kappa shape index (κ2) is 8.91. The molecule has 31 heavy (non-hydrogen) atoms. The Balaban J connectivity index is 1.23. The molecule has 3 heterocycles. The number of rotatable bonds is 6.